The lowest BCUT2D eigenvalue weighted by molar-refractivity contribution is 0.0966. The second kappa shape index (κ2) is 4.61. The first-order valence-corrected chi connectivity index (χ1v) is 5.39. The molecule has 2 rings (SSSR count). The SMILES string of the molecule is O=C(NNc1ccccc1)c1cccs1. The van der Waals surface area contributed by atoms with E-state index < -0.39 is 0 Å². The molecule has 0 aliphatic heterocycles. The monoisotopic (exact) mass is 218 g/mol. The fraction of sp³-hybridized carbons (Fsp3) is 0. The number of carbonyl (C=O) groups excluding carboxylic acids is 1. The normalized spacial score (nSPS) is 9.60. The molecule has 2 aromatic rings. The number of hydrogen-bond acceptors (Lipinski definition) is 3. The molecule has 0 unspecified atom stereocenters. The van der Waals surface area contributed by atoms with Crippen LogP contribution in [0.3, 0.4) is 0 Å². The number of nitrogens with one attached hydrogen (secondary N) is 2. The Labute approximate surface area is 91.7 Å². The number of para-hydroxylation sites is 1. The number of carbonyl (C=O) groups is 1. The van der Waals surface area contributed by atoms with Crippen LogP contribution in [-0.4, -0.2) is 5.91 Å². The molecule has 1 aromatic carbocycles. The van der Waals surface area contributed by atoms with Crippen LogP contribution in [0.1, 0.15) is 9.67 Å². The Morgan fingerprint density at radius 1 is 1.07 bits per heavy atom. The molecule has 0 fully saturated rings. The lowest BCUT2D eigenvalue weighted by Crippen LogP contribution is -2.28. The van der Waals surface area contributed by atoms with E-state index in [0.717, 1.165) is 5.69 Å². The zero-order valence-corrected chi connectivity index (χ0v) is 8.75. The summed E-state index contributed by atoms with van der Waals surface area (Å²) in [6, 6.07) is 13.1. The van der Waals surface area contributed by atoms with Gasteiger partial charge in [-0.1, -0.05) is 24.3 Å². The van der Waals surface area contributed by atoms with Crippen molar-refractivity contribution in [2.75, 3.05) is 5.43 Å². The van der Waals surface area contributed by atoms with Crippen LogP contribution in [-0.2, 0) is 0 Å². The van der Waals surface area contributed by atoms with E-state index in [1.54, 1.807) is 6.07 Å². The van der Waals surface area contributed by atoms with Gasteiger partial charge in [0.15, 0.2) is 0 Å². The van der Waals surface area contributed by atoms with Crippen LogP contribution in [0.4, 0.5) is 5.69 Å². The highest BCUT2D eigenvalue weighted by Crippen LogP contribution is 2.08. The summed E-state index contributed by atoms with van der Waals surface area (Å²) in [5.74, 6) is -0.117. The molecule has 0 saturated heterocycles. The summed E-state index contributed by atoms with van der Waals surface area (Å²) in [6.45, 7) is 0. The van der Waals surface area contributed by atoms with Crippen molar-refractivity contribution in [1.29, 1.82) is 0 Å². The van der Waals surface area contributed by atoms with Crippen LogP contribution in [0.15, 0.2) is 47.8 Å². The standard InChI is InChI=1S/C11H10N2OS/c14-11(10-7-4-8-15-10)13-12-9-5-2-1-3-6-9/h1-8,12H,(H,13,14). The Morgan fingerprint density at radius 3 is 2.53 bits per heavy atom. The van der Waals surface area contributed by atoms with Crippen molar-refractivity contribution in [3.63, 3.8) is 0 Å². The molecule has 1 heterocycles. The minimum Gasteiger partial charge on any atom is -0.298 e. The van der Waals surface area contributed by atoms with Crippen LogP contribution in [0, 0.1) is 0 Å². The van der Waals surface area contributed by atoms with Crippen molar-refractivity contribution >= 4 is 22.9 Å². The summed E-state index contributed by atoms with van der Waals surface area (Å²) in [5.41, 5.74) is 6.33. The third-order valence-corrected chi connectivity index (χ3v) is 2.71. The van der Waals surface area contributed by atoms with Crippen LogP contribution in [0.2, 0.25) is 0 Å². The van der Waals surface area contributed by atoms with Crippen LogP contribution < -0.4 is 10.9 Å². The number of amides is 1. The fourth-order valence-corrected chi connectivity index (χ4v) is 1.74. The maximum Gasteiger partial charge on any atom is 0.279 e. The van der Waals surface area contributed by atoms with Crippen molar-refractivity contribution in [3.8, 4) is 0 Å². The first kappa shape index (κ1) is 9.73. The molecule has 76 valence electrons. The van der Waals surface area contributed by atoms with Crippen molar-refractivity contribution in [2.24, 2.45) is 0 Å². The van der Waals surface area contributed by atoms with Gasteiger partial charge in [0.05, 0.1) is 10.6 Å². The van der Waals surface area contributed by atoms with Gasteiger partial charge in [-0.2, -0.15) is 0 Å². The van der Waals surface area contributed by atoms with Gasteiger partial charge in [-0.05, 0) is 23.6 Å². The van der Waals surface area contributed by atoms with Gasteiger partial charge >= 0.3 is 0 Å². The first-order valence-electron chi connectivity index (χ1n) is 4.51. The molecule has 15 heavy (non-hydrogen) atoms. The van der Waals surface area contributed by atoms with E-state index in [9.17, 15) is 4.79 Å². The minimum absolute atomic E-state index is 0.117. The Kier molecular flexibility index (Phi) is 2.99. The van der Waals surface area contributed by atoms with Crippen molar-refractivity contribution in [3.05, 3.63) is 52.7 Å². The van der Waals surface area contributed by atoms with Gasteiger partial charge in [0, 0.05) is 0 Å². The summed E-state index contributed by atoms with van der Waals surface area (Å²) in [5, 5.41) is 1.87. The molecule has 2 N–H and O–H groups in total. The lowest BCUT2D eigenvalue weighted by atomic mass is 10.3. The van der Waals surface area contributed by atoms with Gasteiger partial charge < -0.3 is 0 Å². The van der Waals surface area contributed by atoms with Crippen molar-refractivity contribution < 1.29 is 4.79 Å². The van der Waals surface area contributed by atoms with E-state index in [2.05, 4.69) is 10.9 Å². The Hall–Kier alpha value is -1.81. The lowest BCUT2D eigenvalue weighted by Gasteiger charge is -2.06. The highest BCUT2D eigenvalue weighted by Gasteiger charge is 2.04. The Morgan fingerprint density at radius 2 is 1.87 bits per heavy atom. The number of hydrogen-bond donors (Lipinski definition) is 2. The van der Waals surface area contributed by atoms with Gasteiger partial charge in [-0.15, -0.1) is 11.3 Å². The molecule has 0 aliphatic carbocycles. The summed E-state index contributed by atoms with van der Waals surface area (Å²) < 4.78 is 0. The highest BCUT2D eigenvalue weighted by molar-refractivity contribution is 7.12. The van der Waals surface area contributed by atoms with Gasteiger partial charge in [0.2, 0.25) is 0 Å². The summed E-state index contributed by atoms with van der Waals surface area (Å²) >= 11 is 1.41. The van der Waals surface area contributed by atoms with Gasteiger partial charge in [-0.25, -0.2) is 0 Å². The van der Waals surface area contributed by atoms with E-state index in [1.807, 2.05) is 41.8 Å². The summed E-state index contributed by atoms with van der Waals surface area (Å²) in [6.07, 6.45) is 0. The van der Waals surface area contributed by atoms with E-state index >= 15 is 0 Å². The highest BCUT2D eigenvalue weighted by atomic mass is 32.1. The quantitative estimate of drug-likeness (QED) is 0.777. The molecular weight excluding hydrogens is 208 g/mol. The average Bonchev–Trinajstić information content (AvgIpc) is 2.81. The van der Waals surface area contributed by atoms with Crippen LogP contribution in [0.5, 0.6) is 0 Å². The molecule has 1 amide bonds. The largest absolute Gasteiger partial charge is 0.298 e. The summed E-state index contributed by atoms with van der Waals surface area (Å²) in [7, 11) is 0. The molecule has 4 heteroatoms. The molecule has 0 spiro atoms. The molecule has 0 aliphatic rings. The Bertz CT molecular complexity index is 425. The molecular formula is C11H10N2OS. The zero-order valence-electron chi connectivity index (χ0n) is 7.94. The van der Waals surface area contributed by atoms with E-state index in [4.69, 9.17) is 0 Å². The summed E-state index contributed by atoms with van der Waals surface area (Å²) in [4.78, 5) is 12.2. The number of rotatable bonds is 3. The van der Waals surface area contributed by atoms with Crippen molar-refractivity contribution in [1.82, 2.24) is 5.43 Å². The third kappa shape index (κ3) is 2.57. The second-order valence-electron chi connectivity index (χ2n) is 2.92. The molecule has 1 aromatic heterocycles. The van der Waals surface area contributed by atoms with E-state index in [0.29, 0.717) is 4.88 Å². The molecule has 0 bridgehead atoms. The average molecular weight is 218 g/mol. The van der Waals surface area contributed by atoms with E-state index in [1.165, 1.54) is 11.3 Å². The van der Waals surface area contributed by atoms with E-state index in [-0.39, 0.29) is 5.91 Å². The predicted molar refractivity (Wildman–Crippen MR) is 61.8 cm³/mol. The van der Waals surface area contributed by atoms with Crippen LogP contribution >= 0.6 is 11.3 Å². The van der Waals surface area contributed by atoms with Crippen molar-refractivity contribution in [2.45, 2.75) is 0 Å². The fourth-order valence-electron chi connectivity index (χ4n) is 1.12. The number of hydrazine groups is 1. The van der Waals surface area contributed by atoms with Gasteiger partial charge in [0.1, 0.15) is 0 Å². The molecule has 3 nitrogen and oxygen atoms in total. The number of benzene rings is 1. The third-order valence-electron chi connectivity index (χ3n) is 1.84. The molecule has 0 atom stereocenters. The maximum atomic E-state index is 11.5. The minimum atomic E-state index is -0.117. The topological polar surface area (TPSA) is 41.1 Å². The molecule has 0 saturated carbocycles. The smallest absolute Gasteiger partial charge is 0.279 e. The number of anilines is 1. The maximum absolute atomic E-state index is 11.5. The predicted octanol–water partition coefficient (Wildman–Crippen LogP) is 2.51. The number of thiophene rings is 1. The van der Waals surface area contributed by atoms with Crippen LogP contribution in [0.25, 0.3) is 0 Å². The molecule has 0 radical (unpaired) electrons. The Balaban J connectivity index is 1.92. The van der Waals surface area contributed by atoms with Gasteiger partial charge in [-0.3, -0.25) is 15.6 Å². The zero-order chi connectivity index (χ0) is 10.5. The van der Waals surface area contributed by atoms with Gasteiger partial charge in [0.25, 0.3) is 5.91 Å². The second-order valence-corrected chi connectivity index (χ2v) is 3.87. The first-order chi connectivity index (χ1) is 7.36.